The van der Waals surface area contributed by atoms with E-state index in [4.69, 9.17) is 9.47 Å². The summed E-state index contributed by atoms with van der Waals surface area (Å²) >= 11 is 0. The molecule has 1 aromatic carbocycles. The third-order valence-corrected chi connectivity index (χ3v) is 3.02. The maximum atomic E-state index is 12.0. The van der Waals surface area contributed by atoms with Crippen molar-refractivity contribution in [3.8, 4) is 11.5 Å². The van der Waals surface area contributed by atoms with Gasteiger partial charge >= 0.3 is 0 Å². The molecule has 1 N–H and O–H groups in total. The van der Waals surface area contributed by atoms with Crippen LogP contribution in [0.15, 0.2) is 36.9 Å². The molecule has 0 atom stereocenters. The molecular formula is C14H15N3O3. The van der Waals surface area contributed by atoms with E-state index in [0.717, 1.165) is 0 Å². The van der Waals surface area contributed by atoms with Crippen LogP contribution in [0.4, 0.5) is 0 Å². The van der Waals surface area contributed by atoms with E-state index in [1.165, 1.54) is 0 Å². The first kappa shape index (κ1) is 12.5. The fourth-order valence-electron chi connectivity index (χ4n) is 2.00. The Morgan fingerprint density at radius 1 is 1.30 bits per heavy atom. The Labute approximate surface area is 116 Å². The van der Waals surface area contributed by atoms with E-state index in [0.29, 0.717) is 43.4 Å². The van der Waals surface area contributed by atoms with E-state index in [-0.39, 0.29) is 5.91 Å². The van der Waals surface area contributed by atoms with Gasteiger partial charge in [0, 0.05) is 31.0 Å². The zero-order valence-electron chi connectivity index (χ0n) is 10.9. The van der Waals surface area contributed by atoms with Gasteiger partial charge in [-0.05, 0) is 18.2 Å². The van der Waals surface area contributed by atoms with Gasteiger partial charge in [-0.15, -0.1) is 0 Å². The highest BCUT2D eigenvalue weighted by molar-refractivity contribution is 5.94. The Morgan fingerprint density at radius 2 is 2.15 bits per heavy atom. The number of benzene rings is 1. The van der Waals surface area contributed by atoms with Crippen LogP contribution in [-0.4, -0.2) is 35.2 Å². The first-order valence-electron chi connectivity index (χ1n) is 6.46. The SMILES string of the molecule is O=C(NCCn1ccnc1)c1ccc2c(c1)OCCO2. The summed E-state index contributed by atoms with van der Waals surface area (Å²) < 4.78 is 12.8. The molecule has 0 bridgehead atoms. The summed E-state index contributed by atoms with van der Waals surface area (Å²) in [5.41, 5.74) is 0.569. The monoisotopic (exact) mass is 273 g/mol. The predicted molar refractivity (Wildman–Crippen MR) is 72.0 cm³/mol. The molecule has 1 aliphatic rings. The summed E-state index contributed by atoms with van der Waals surface area (Å²) in [4.78, 5) is 16.0. The van der Waals surface area contributed by atoms with Gasteiger partial charge in [-0.2, -0.15) is 0 Å². The van der Waals surface area contributed by atoms with E-state index in [1.54, 1.807) is 30.7 Å². The van der Waals surface area contributed by atoms with Crippen LogP contribution < -0.4 is 14.8 Å². The minimum atomic E-state index is -0.123. The van der Waals surface area contributed by atoms with E-state index in [2.05, 4.69) is 10.3 Å². The van der Waals surface area contributed by atoms with Crippen LogP contribution in [0.1, 0.15) is 10.4 Å². The number of amides is 1. The average molecular weight is 273 g/mol. The Balaban J connectivity index is 1.59. The Morgan fingerprint density at radius 3 is 2.95 bits per heavy atom. The second-order valence-corrected chi connectivity index (χ2v) is 4.41. The van der Waals surface area contributed by atoms with Gasteiger partial charge in [-0.1, -0.05) is 0 Å². The predicted octanol–water partition coefficient (Wildman–Crippen LogP) is 1.08. The molecule has 3 rings (SSSR count). The number of hydrogen-bond acceptors (Lipinski definition) is 4. The van der Waals surface area contributed by atoms with Crippen molar-refractivity contribution in [2.24, 2.45) is 0 Å². The zero-order valence-corrected chi connectivity index (χ0v) is 10.9. The standard InChI is InChI=1S/C14H15N3O3/c18-14(16-4-6-17-5-3-15-10-17)11-1-2-12-13(9-11)20-8-7-19-12/h1-3,5,9-10H,4,6-8H2,(H,16,18). The van der Waals surface area contributed by atoms with Gasteiger partial charge in [-0.3, -0.25) is 4.79 Å². The molecule has 6 heteroatoms. The summed E-state index contributed by atoms with van der Waals surface area (Å²) in [5.74, 6) is 1.19. The van der Waals surface area contributed by atoms with Gasteiger partial charge in [0.05, 0.1) is 6.33 Å². The molecule has 1 aromatic heterocycles. The molecular weight excluding hydrogens is 258 g/mol. The second kappa shape index (κ2) is 5.64. The van der Waals surface area contributed by atoms with E-state index in [9.17, 15) is 4.79 Å². The third-order valence-electron chi connectivity index (χ3n) is 3.02. The normalized spacial score (nSPS) is 13.0. The van der Waals surface area contributed by atoms with Gasteiger partial charge in [0.2, 0.25) is 0 Å². The molecule has 104 valence electrons. The number of rotatable bonds is 4. The lowest BCUT2D eigenvalue weighted by atomic mass is 10.2. The van der Waals surface area contributed by atoms with Crippen molar-refractivity contribution in [3.63, 3.8) is 0 Å². The lowest BCUT2D eigenvalue weighted by Crippen LogP contribution is -2.27. The summed E-state index contributed by atoms with van der Waals surface area (Å²) in [7, 11) is 0. The maximum Gasteiger partial charge on any atom is 0.251 e. The Hall–Kier alpha value is -2.50. The van der Waals surface area contributed by atoms with Crippen molar-refractivity contribution in [1.82, 2.24) is 14.9 Å². The molecule has 6 nitrogen and oxygen atoms in total. The minimum absolute atomic E-state index is 0.123. The van der Waals surface area contributed by atoms with Crippen LogP contribution in [0.25, 0.3) is 0 Å². The quantitative estimate of drug-likeness (QED) is 0.905. The van der Waals surface area contributed by atoms with Crippen LogP contribution in [0.2, 0.25) is 0 Å². The van der Waals surface area contributed by atoms with E-state index < -0.39 is 0 Å². The summed E-state index contributed by atoms with van der Waals surface area (Å²) in [5, 5.41) is 2.86. The molecule has 0 radical (unpaired) electrons. The number of imidazole rings is 1. The number of carbonyl (C=O) groups is 1. The highest BCUT2D eigenvalue weighted by atomic mass is 16.6. The van der Waals surface area contributed by atoms with Crippen molar-refractivity contribution in [3.05, 3.63) is 42.5 Å². The molecule has 0 saturated heterocycles. The van der Waals surface area contributed by atoms with E-state index in [1.807, 2.05) is 10.8 Å². The maximum absolute atomic E-state index is 12.0. The van der Waals surface area contributed by atoms with Gasteiger partial charge in [0.15, 0.2) is 11.5 Å². The first-order chi connectivity index (χ1) is 9.83. The second-order valence-electron chi connectivity index (χ2n) is 4.41. The number of ether oxygens (including phenoxy) is 2. The fourth-order valence-corrected chi connectivity index (χ4v) is 2.00. The topological polar surface area (TPSA) is 65.4 Å². The largest absolute Gasteiger partial charge is 0.486 e. The number of hydrogen-bond donors (Lipinski definition) is 1. The molecule has 2 aromatic rings. The van der Waals surface area contributed by atoms with Gasteiger partial charge < -0.3 is 19.4 Å². The number of nitrogens with zero attached hydrogens (tertiary/aromatic N) is 2. The molecule has 2 heterocycles. The van der Waals surface area contributed by atoms with Crippen LogP contribution in [-0.2, 0) is 6.54 Å². The van der Waals surface area contributed by atoms with Gasteiger partial charge in [-0.25, -0.2) is 4.98 Å². The van der Waals surface area contributed by atoms with Crippen molar-refractivity contribution < 1.29 is 14.3 Å². The summed E-state index contributed by atoms with van der Waals surface area (Å²) in [6.07, 6.45) is 5.29. The molecule has 1 aliphatic heterocycles. The van der Waals surface area contributed by atoms with Crippen LogP contribution in [0, 0.1) is 0 Å². The first-order valence-corrected chi connectivity index (χ1v) is 6.46. The van der Waals surface area contributed by atoms with Crippen molar-refractivity contribution in [1.29, 1.82) is 0 Å². The lowest BCUT2D eigenvalue weighted by Gasteiger charge is -2.18. The van der Waals surface area contributed by atoms with Crippen LogP contribution >= 0.6 is 0 Å². The van der Waals surface area contributed by atoms with Crippen molar-refractivity contribution >= 4 is 5.91 Å². The molecule has 0 unspecified atom stereocenters. The molecule has 0 spiro atoms. The van der Waals surface area contributed by atoms with Crippen molar-refractivity contribution in [2.45, 2.75) is 6.54 Å². The minimum Gasteiger partial charge on any atom is -0.486 e. The third kappa shape index (κ3) is 2.74. The average Bonchev–Trinajstić information content (AvgIpc) is 3.00. The highest BCUT2D eigenvalue weighted by Crippen LogP contribution is 2.30. The summed E-state index contributed by atoms with van der Waals surface area (Å²) in [6, 6.07) is 5.21. The Kier molecular flexibility index (Phi) is 3.54. The van der Waals surface area contributed by atoms with Gasteiger partial charge in [0.25, 0.3) is 5.91 Å². The van der Waals surface area contributed by atoms with E-state index >= 15 is 0 Å². The Bertz CT molecular complexity index is 596. The molecule has 0 aliphatic carbocycles. The van der Waals surface area contributed by atoms with Crippen LogP contribution in [0.3, 0.4) is 0 Å². The van der Waals surface area contributed by atoms with Gasteiger partial charge in [0.1, 0.15) is 13.2 Å². The molecule has 20 heavy (non-hydrogen) atoms. The van der Waals surface area contributed by atoms with Crippen molar-refractivity contribution in [2.75, 3.05) is 19.8 Å². The number of aromatic nitrogens is 2. The lowest BCUT2D eigenvalue weighted by molar-refractivity contribution is 0.0951. The number of fused-ring (bicyclic) bond motifs is 1. The zero-order chi connectivity index (χ0) is 13.8. The highest BCUT2D eigenvalue weighted by Gasteiger charge is 2.14. The number of carbonyl (C=O) groups excluding carboxylic acids is 1. The van der Waals surface area contributed by atoms with Crippen LogP contribution in [0.5, 0.6) is 11.5 Å². The number of nitrogens with one attached hydrogen (secondary N) is 1. The summed E-state index contributed by atoms with van der Waals surface area (Å²) in [6.45, 7) is 2.29. The molecule has 0 fully saturated rings. The molecule has 0 saturated carbocycles. The fraction of sp³-hybridized carbons (Fsp3) is 0.286. The molecule has 1 amide bonds. The smallest absolute Gasteiger partial charge is 0.251 e.